The van der Waals surface area contributed by atoms with Gasteiger partial charge in [0.2, 0.25) is 5.91 Å². The Morgan fingerprint density at radius 1 is 1.26 bits per heavy atom. The Balaban J connectivity index is 1.72. The number of hydrogen-bond acceptors (Lipinski definition) is 3. The first kappa shape index (κ1) is 16.7. The van der Waals surface area contributed by atoms with E-state index in [0.717, 1.165) is 29.3 Å². The minimum Gasteiger partial charge on any atom is -0.381 e. The molecule has 1 fully saturated rings. The predicted molar refractivity (Wildman–Crippen MR) is 96.7 cm³/mol. The van der Waals surface area contributed by atoms with Crippen molar-refractivity contribution in [2.75, 3.05) is 13.2 Å². The Labute approximate surface area is 149 Å². The third-order valence-electron chi connectivity index (χ3n) is 4.28. The van der Waals surface area contributed by atoms with Crippen molar-refractivity contribution in [2.45, 2.75) is 31.2 Å². The van der Waals surface area contributed by atoms with E-state index in [4.69, 9.17) is 4.74 Å². The van der Waals surface area contributed by atoms with Crippen LogP contribution >= 0.6 is 27.3 Å². The van der Waals surface area contributed by atoms with Crippen LogP contribution in [0.4, 0.5) is 0 Å². The number of benzene rings is 1. The molecule has 1 amide bonds. The highest BCUT2D eigenvalue weighted by atomic mass is 79.9. The molecule has 0 bridgehead atoms. The lowest BCUT2D eigenvalue weighted by Gasteiger charge is -2.38. The topological polar surface area (TPSA) is 38.3 Å². The smallest absolute Gasteiger partial charge is 0.221 e. The first-order chi connectivity index (χ1) is 11.2. The van der Waals surface area contributed by atoms with Crippen LogP contribution in [-0.4, -0.2) is 19.1 Å². The van der Waals surface area contributed by atoms with E-state index in [1.165, 1.54) is 4.88 Å². The quantitative estimate of drug-likeness (QED) is 0.823. The zero-order valence-electron chi connectivity index (χ0n) is 12.9. The summed E-state index contributed by atoms with van der Waals surface area (Å²) in [5, 5.41) is 5.35. The fourth-order valence-corrected chi connectivity index (χ4v) is 4.12. The molecule has 2 aromatic rings. The van der Waals surface area contributed by atoms with E-state index in [9.17, 15) is 4.79 Å². The summed E-state index contributed by atoms with van der Waals surface area (Å²) in [4.78, 5) is 13.8. The molecular formula is C18H20BrNO2S. The van der Waals surface area contributed by atoms with E-state index in [0.29, 0.717) is 19.6 Å². The molecule has 3 rings (SSSR count). The molecule has 1 aromatic heterocycles. The molecule has 1 N–H and O–H groups in total. The normalized spacial score (nSPS) is 16.9. The predicted octanol–water partition coefficient (Wildman–Crippen LogP) is 4.27. The van der Waals surface area contributed by atoms with Crippen LogP contribution in [0.5, 0.6) is 0 Å². The first-order valence-corrected chi connectivity index (χ1v) is 9.52. The lowest BCUT2D eigenvalue weighted by molar-refractivity contribution is -0.124. The maximum Gasteiger partial charge on any atom is 0.221 e. The second kappa shape index (κ2) is 7.60. The van der Waals surface area contributed by atoms with Gasteiger partial charge in [0.15, 0.2) is 0 Å². The Hall–Kier alpha value is -1.17. The summed E-state index contributed by atoms with van der Waals surface area (Å²) in [7, 11) is 0. The second-order valence-electron chi connectivity index (χ2n) is 5.83. The molecule has 122 valence electrons. The minimum atomic E-state index is -0.311. The molecule has 23 heavy (non-hydrogen) atoms. The van der Waals surface area contributed by atoms with Crippen LogP contribution < -0.4 is 5.32 Å². The van der Waals surface area contributed by atoms with Gasteiger partial charge in [-0.15, -0.1) is 11.3 Å². The molecule has 1 aliphatic rings. The van der Waals surface area contributed by atoms with Gasteiger partial charge in [0, 0.05) is 29.0 Å². The highest BCUT2D eigenvalue weighted by Gasteiger charge is 2.35. The maximum atomic E-state index is 12.5. The summed E-state index contributed by atoms with van der Waals surface area (Å²) in [6, 6.07) is 12.3. The van der Waals surface area contributed by atoms with Crippen LogP contribution in [-0.2, 0) is 21.5 Å². The molecule has 3 nitrogen and oxygen atoms in total. The maximum absolute atomic E-state index is 12.5. The van der Waals surface area contributed by atoms with Crippen LogP contribution in [0.2, 0.25) is 0 Å². The number of carbonyl (C=O) groups excluding carboxylic acids is 1. The molecule has 0 unspecified atom stereocenters. The van der Waals surface area contributed by atoms with Crippen molar-refractivity contribution in [3.05, 3.63) is 56.7 Å². The summed E-state index contributed by atoms with van der Waals surface area (Å²) in [5.41, 5.74) is 0.842. The molecule has 1 aromatic carbocycles. The van der Waals surface area contributed by atoms with Crippen LogP contribution in [0, 0.1) is 0 Å². The van der Waals surface area contributed by atoms with Gasteiger partial charge in [-0.25, -0.2) is 0 Å². The van der Waals surface area contributed by atoms with Crippen molar-refractivity contribution in [3.63, 3.8) is 0 Å². The van der Waals surface area contributed by atoms with Crippen LogP contribution in [0.15, 0.2) is 46.3 Å². The number of halogens is 1. The zero-order chi connectivity index (χ0) is 16.1. The summed E-state index contributed by atoms with van der Waals surface area (Å²) in [6.45, 7) is 1.36. The van der Waals surface area contributed by atoms with Crippen LogP contribution in [0.3, 0.4) is 0 Å². The summed E-state index contributed by atoms with van der Waals surface area (Å²) in [6.07, 6.45) is 2.95. The zero-order valence-corrected chi connectivity index (χ0v) is 15.3. The third-order valence-corrected chi connectivity index (χ3v) is 5.71. The first-order valence-electron chi connectivity index (χ1n) is 7.85. The highest BCUT2D eigenvalue weighted by molar-refractivity contribution is 9.10. The third kappa shape index (κ3) is 4.22. The number of carbonyl (C=O) groups is 1. The monoisotopic (exact) mass is 393 g/mol. The van der Waals surface area contributed by atoms with Gasteiger partial charge in [-0.1, -0.05) is 34.1 Å². The molecule has 0 atom stereocenters. The molecule has 0 saturated carbocycles. The van der Waals surface area contributed by atoms with E-state index in [2.05, 4.69) is 44.8 Å². The van der Waals surface area contributed by atoms with E-state index < -0.39 is 0 Å². The van der Waals surface area contributed by atoms with Gasteiger partial charge in [-0.05, 0) is 48.4 Å². The molecule has 0 radical (unpaired) electrons. The van der Waals surface area contributed by atoms with Crippen molar-refractivity contribution in [1.29, 1.82) is 0 Å². The molecule has 0 aliphatic carbocycles. The molecular weight excluding hydrogens is 374 g/mol. The van der Waals surface area contributed by atoms with E-state index in [1.54, 1.807) is 11.3 Å². The number of thiophene rings is 1. The minimum absolute atomic E-state index is 0.111. The molecule has 1 saturated heterocycles. The second-order valence-corrected chi connectivity index (χ2v) is 7.78. The molecule has 0 spiro atoms. The Kier molecular flexibility index (Phi) is 5.51. The number of aryl methyl sites for hydroxylation is 1. The average Bonchev–Trinajstić information content (AvgIpc) is 3.07. The van der Waals surface area contributed by atoms with Gasteiger partial charge >= 0.3 is 0 Å². The van der Waals surface area contributed by atoms with E-state index >= 15 is 0 Å². The number of hydrogen-bond donors (Lipinski definition) is 1. The molecule has 2 heterocycles. The van der Waals surface area contributed by atoms with Gasteiger partial charge < -0.3 is 10.1 Å². The Morgan fingerprint density at radius 3 is 2.78 bits per heavy atom. The summed E-state index contributed by atoms with van der Waals surface area (Å²) < 4.78 is 6.55. The largest absolute Gasteiger partial charge is 0.381 e. The number of ether oxygens (including phenoxy) is 1. The Bertz CT molecular complexity index is 651. The van der Waals surface area contributed by atoms with Gasteiger partial charge in [0.25, 0.3) is 0 Å². The van der Waals surface area contributed by atoms with Crippen LogP contribution in [0.25, 0.3) is 0 Å². The summed E-state index contributed by atoms with van der Waals surface area (Å²) >= 11 is 5.24. The standard InChI is InChI=1S/C18H20BrNO2S/c19-15-4-1-3-14(13-15)18(8-10-22-11-9-18)20-17(21)7-6-16-5-2-12-23-16/h1-5,12-13H,6-11H2,(H,20,21). The van der Waals surface area contributed by atoms with Crippen molar-refractivity contribution >= 4 is 33.2 Å². The molecule has 5 heteroatoms. The fourth-order valence-electron chi connectivity index (χ4n) is 3.01. The number of nitrogens with one attached hydrogen (secondary N) is 1. The highest BCUT2D eigenvalue weighted by Crippen LogP contribution is 2.33. The average molecular weight is 394 g/mol. The van der Waals surface area contributed by atoms with E-state index in [-0.39, 0.29) is 11.4 Å². The number of amides is 1. The van der Waals surface area contributed by atoms with Gasteiger partial charge in [0.05, 0.1) is 5.54 Å². The van der Waals surface area contributed by atoms with Crippen molar-refractivity contribution in [1.82, 2.24) is 5.32 Å². The van der Waals surface area contributed by atoms with Crippen molar-refractivity contribution in [2.24, 2.45) is 0 Å². The van der Waals surface area contributed by atoms with Crippen molar-refractivity contribution < 1.29 is 9.53 Å². The lowest BCUT2D eigenvalue weighted by atomic mass is 9.82. The van der Waals surface area contributed by atoms with Gasteiger partial charge in [-0.3, -0.25) is 4.79 Å². The van der Waals surface area contributed by atoms with Crippen LogP contribution in [0.1, 0.15) is 29.7 Å². The summed E-state index contributed by atoms with van der Waals surface area (Å²) in [5.74, 6) is 0.111. The molecule has 1 aliphatic heterocycles. The van der Waals surface area contributed by atoms with Gasteiger partial charge in [-0.2, -0.15) is 0 Å². The fraction of sp³-hybridized carbons (Fsp3) is 0.389. The number of rotatable bonds is 5. The Morgan fingerprint density at radius 2 is 2.09 bits per heavy atom. The van der Waals surface area contributed by atoms with Crippen molar-refractivity contribution in [3.8, 4) is 0 Å². The van der Waals surface area contributed by atoms with Gasteiger partial charge in [0.1, 0.15) is 0 Å². The van der Waals surface area contributed by atoms with E-state index in [1.807, 2.05) is 18.2 Å². The lowest BCUT2D eigenvalue weighted by Crippen LogP contribution is -2.49. The SMILES string of the molecule is O=C(CCc1cccs1)NC1(c2cccc(Br)c2)CCOCC1.